The maximum Gasteiger partial charge on any atom is 0.307 e. The van der Waals surface area contributed by atoms with Crippen molar-refractivity contribution in [2.24, 2.45) is 0 Å². The van der Waals surface area contributed by atoms with Crippen LogP contribution in [0.4, 0.5) is 0 Å². The minimum absolute atomic E-state index is 0.0840. The Labute approximate surface area is 94.0 Å². The molecule has 0 unspecified atom stereocenters. The van der Waals surface area contributed by atoms with Gasteiger partial charge in [0.05, 0.1) is 6.54 Å². The van der Waals surface area contributed by atoms with E-state index < -0.39 is 0 Å². The summed E-state index contributed by atoms with van der Waals surface area (Å²) in [5.41, 5.74) is 1.12. The molecular weight excluding hydrogens is 262 g/mol. The van der Waals surface area contributed by atoms with Crippen molar-refractivity contribution >= 4 is 27.3 Å². The van der Waals surface area contributed by atoms with E-state index in [1.165, 1.54) is 11.3 Å². The maximum absolute atomic E-state index is 11.3. The molecule has 0 bridgehead atoms. The van der Waals surface area contributed by atoms with Gasteiger partial charge >= 0.3 is 4.87 Å². The number of rotatable bonds is 2. The number of hydrogen-bond acceptors (Lipinski definition) is 2. The zero-order valence-electron chi connectivity index (χ0n) is 7.31. The van der Waals surface area contributed by atoms with E-state index in [4.69, 9.17) is 0 Å². The van der Waals surface area contributed by atoms with Gasteiger partial charge in [0.15, 0.2) is 0 Å². The van der Waals surface area contributed by atoms with Crippen LogP contribution >= 0.6 is 27.3 Å². The lowest BCUT2D eigenvalue weighted by Gasteiger charge is -2.03. The number of nitrogens with zero attached hydrogens (tertiary/aromatic N) is 1. The molecular formula is C10H8BrNOS. The second-order valence-electron chi connectivity index (χ2n) is 2.89. The molecule has 1 aromatic carbocycles. The second kappa shape index (κ2) is 4.11. The Bertz CT molecular complexity index is 489. The van der Waals surface area contributed by atoms with E-state index in [0.717, 1.165) is 10.0 Å². The minimum Gasteiger partial charge on any atom is -0.301 e. The Morgan fingerprint density at radius 2 is 2.14 bits per heavy atom. The summed E-state index contributed by atoms with van der Waals surface area (Å²) in [7, 11) is 0. The molecule has 0 N–H and O–H groups in total. The van der Waals surface area contributed by atoms with E-state index in [-0.39, 0.29) is 4.87 Å². The SMILES string of the molecule is O=c1sccn1Cc1ccccc1Br. The van der Waals surface area contributed by atoms with Crippen LogP contribution in [0.15, 0.2) is 45.1 Å². The van der Waals surface area contributed by atoms with Gasteiger partial charge in [-0.05, 0) is 11.6 Å². The molecule has 1 aromatic heterocycles. The normalized spacial score (nSPS) is 10.4. The van der Waals surface area contributed by atoms with E-state index in [1.807, 2.05) is 30.5 Å². The molecule has 2 rings (SSSR count). The van der Waals surface area contributed by atoms with Crippen LogP contribution in [-0.2, 0) is 6.54 Å². The Balaban J connectivity index is 2.32. The molecule has 0 atom stereocenters. The number of thiazole rings is 1. The van der Waals surface area contributed by atoms with Crippen molar-refractivity contribution in [2.75, 3.05) is 0 Å². The third-order valence-electron chi connectivity index (χ3n) is 1.94. The molecule has 0 aliphatic heterocycles. The topological polar surface area (TPSA) is 22.0 Å². The van der Waals surface area contributed by atoms with E-state index >= 15 is 0 Å². The highest BCUT2D eigenvalue weighted by Crippen LogP contribution is 2.16. The molecule has 0 amide bonds. The summed E-state index contributed by atoms with van der Waals surface area (Å²) < 4.78 is 2.74. The van der Waals surface area contributed by atoms with Crippen LogP contribution in [0.25, 0.3) is 0 Å². The Hall–Kier alpha value is -0.870. The third-order valence-corrected chi connectivity index (χ3v) is 3.41. The van der Waals surface area contributed by atoms with Gasteiger partial charge in [0.25, 0.3) is 0 Å². The molecule has 2 nitrogen and oxygen atoms in total. The van der Waals surface area contributed by atoms with Gasteiger partial charge in [-0.15, -0.1) is 0 Å². The smallest absolute Gasteiger partial charge is 0.301 e. The van der Waals surface area contributed by atoms with Gasteiger partial charge in [-0.3, -0.25) is 4.79 Å². The summed E-state index contributed by atoms with van der Waals surface area (Å²) >= 11 is 4.68. The van der Waals surface area contributed by atoms with E-state index in [1.54, 1.807) is 9.95 Å². The summed E-state index contributed by atoms with van der Waals surface area (Å²) in [6, 6.07) is 7.92. The molecule has 0 fully saturated rings. The van der Waals surface area contributed by atoms with Gasteiger partial charge in [0.2, 0.25) is 0 Å². The molecule has 2 aromatic rings. The summed E-state index contributed by atoms with van der Waals surface area (Å²) in [5, 5.41) is 1.80. The van der Waals surface area contributed by atoms with Crippen LogP contribution in [0, 0.1) is 0 Å². The lowest BCUT2D eigenvalue weighted by molar-refractivity contribution is 0.781. The molecule has 0 saturated carbocycles. The number of aromatic nitrogens is 1. The Morgan fingerprint density at radius 1 is 1.36 bits per heavy atom. The fourth-order valence-corrected chi connectivity index (χ4v) is 2.21. The number of benzene rings is 1. The lowest BCUT2D eigenvalue weighted by Crippen LogP contribution is -2.12. The van der Waals surface area contributed by atoms with Crippen LogP contribution in [0.1, 0.15) is 5.56 Å². The van der Waals surface area contributed by atoms with Crippen LogP contribution in [0.5, 0.6) is 0 Å². The molecule has 0 radical (unpaired) electrons. The van der Waals surface area contributed by atoms with Gasteiger partial charge in [-0.25, -0.2) is 0 Å². The highest BCUT2D eigenvalue weighted by molar-refractivity contribution is 9.10. The van der Waals surface area contributed by atoms with Crippen molar-refractivity contribution in [3.8, 4) is 0 Å². The van der Waals surface area contributed by atoms with Crippen molar-refractivity contribution in [3.63, 3.8) is 0 Å². The average molecular weight is 270 g/mol. The van der Waals surface area contributed by atoms with Crippen molar-refractivity contribution in [3.05, 3.63) is 55.5 Å². The number of hydrogen-bond donors (Lipinski definition) is 0. The van der Waals surface area contributed by atoms with Crippen molar-refractivity contribution in [1.29, 1.82) is 0 Å². The monoisotopic (exact) mass is 269 g/mol. The van der Waals surface area contributed by atoms with Crippen LogP contribution < -0.4 is 4.87 Å². The van der Waals surface area contributed by atoms with Crippen LogP contribution in [0.2, 0.25) is 0 Å². The summed E-state index contributed by atoms with van der Waals surface area (Å²) in [5.74, 6) is 0. The molecule has 14 heavy (non-hydrogen) atoms. The molecule has 4 heteroatoms. The summed E-state index contributed by atoms with van der Waals surface area (Å²) in [6.45, 7) is 0.629. The highest BCUT2D eigenvalue weighted by atomic mass is 79.9. The zero-order chi connectivity index (χ0) is 9.97. The van der Waals surface area contributed by atoms with Crippen molar-refractivity contribution < 1.29 is 0 Å². The van der Waals surface area contributed by atoms with Gasteiger partial charge in [-0.2, -0.15) is 0 Å². The van der Waals surface area contributed by atoms with Crippen molar-refractivity contribution in [1.82, 2.24) is 4.57 Å². The largest absolute Gasteiger partial charge is 0.307 e. The molecule has 1 heterocycles. The standard InChI is InChI=1S/C10H8BrNOS/c11-9-4-2-1-3-8(9)7-12-5-6-14-10(12)13/h1-6H,7H2. The molecule has 0 aliphatic rings. The van der Waals surface area contributed by atoms with E-state index in [0.29, 0.717) is 6.54 Å². The first-order valence-electron chi connectivity index (χ1n) is 4.15. The predicted octanol–water partition coefficient (Wildman–Crippen LogP) is 2.72. The quantitative estimate of drug-likeness (QED) is 0.822. The second-order valence-corrected chi connectivity index (χ2v) is 4.60. The summed E-state index contributed by atoms with van der Waals surface area (Å²) in [6.07, 6.45) is 1.81. The van der Waals surface area contributed by atoms with Gasteiger partial charge in [0.1, 0.15) is 0 Å². The minimum atomic E-state index is 0.0840. The van der Waals surface area contributed by atoms with Crippen LogP contribution in [0.3, 0.4) is 0 Å². The zero-order valence-corrected chi connectivity index (χ0v) is 9.72. The maximum atomic E-state index is 11.3. The first-order valence-corrected chi connectivity index (χ1v) is 5.82. The van der Waals surface area contributed by atoms with Crippen LogP contribution in [-0.4, -0.2) is 4.57 Å². The van der Waals surface area contributed by atoms with Gasteiger partial charge in [0, 0.05) is 16.0 Å². The first kappa shape index (κ1) is 9.68. The Kier molecular flexibility index (Phi) is 2.84. The van der Waals surface area contributed by atoms with Gasteiger partial charge in [-0.1, -0.05) is 45.5 Å². The van der Waals surface area contributed by atoms with E-state index in [2.05, 4.69) is 15.9 Å². The molecule has 72 valence electrons. The lowest BCUT2D eigenvalue weighted by atomic mass is 10.2. The summed E-state index contributed by atoms with van der Waals surface area (Å²) in [4.78, 5) is 11.4. The van der Waals surface area contributed by atoms with E-state index in [9.17, 15) is 4.79 Å². The van der Waals surface area contributed by atoms with Crippen molar-refractivity contribution in [2.45, 2.75) is 6.54 Å². The molecule has 0 spiro atoms. The number of halogens is 1. The molecule has 0 aliphatic carbocycles. The fraction of sp³-hybridized carbons (Fsp3) is 0.100. The fourth-order valence-electron chi connectivity index (χ4n) is 1.22. The first-order chi connectivity index (χ1) is 6.77. The third kappa shape index (κ3) is 1.96. The Morgan fingerprint density at radius 3 is 2.79 bits per heavy atom. The predicted molar refractivity (Wildman–Crippen MR) is 61.8 cm³/mol. The average Bonchev–Trinajstić information content (AvgIpc) is 2.56. The van der Waals surface area contributed by atoms with Gasteiger partial charge < -0.3 is 4.57 Å². The molecule has 0 saturated heterocycles. The highest BCUT2D eigenvalue weighted by Gasteiger charge is 2.01.